The molecule has 1 aromatic carbocycles. The molecule has 27 heavy (non-hydrogen) atoms. The molecular formula is C17H19Cl2IN6O. The molecule has 144 valence electrons. The Morgan fingerprint density at radius 3 is 2.81 bits per heavy atom. The first-order valence-electron chi connectivity index (χ1n) is 7.94. The highest BCUT2D eigenvalue weighted by molar-refractivity contribution is 14.0. The van der Waals surface area contributed by atoms with Gasteiger partial charge in [-0.25, -0.2) is 4.98 Å². The average Bonchev–Trinajstić information content (AvgIpc) is 3.29. The fraction of sp³-hybridized carbons (Fsp3) is 0.235. The van der Waals surface area contributed by atoms with Crippen molar-refractivity contribution in [3.05, 3.63) is 58.0 Å². The van der Waals surface area contributed by atoms with Crippen LogP contribution in [0, 0.1) is 0 Å². The second-order valence-electron chi connectivity index (χ2n) is 5.54. The Labute approximate surface area is 184 Å². The van der Waals surface area contributed by atoms with E-state index in [0.29, 0.717) is 40.0 Å². The number of benzene rings is 1. The van der Waals surface area contributed by atoms with E-state index in [2.05, 4.69) is 30.8 Å². The van der Waals surface area contributed by atoms with E-state index in [4.69, 9.17) is 27.6 Å². The summed E-state index contributed by atoms with van der Waals surface area (Å²) in [7, 11) is 1.69. The van der Waals surface area contributed by atoms with E-state index in [-0.39, 0.29) is 30.0 Å². The first-order valence-corrected chi connectivity index (χ1v) is 8.69. The van der Waals surface area contributed by atoms with Crippen molar-refractivity contribution in [1.82, 2.24) is 25.8 Å². The molecule has 10 heteroatoms. The van der Waals surface area contributed by atoms with Gasteiger partial charge in [-0.2, -0.15) is 0 Å². The van der Waals surface area contributed by atoms with Crippen molar-refractivity contribution in [3.63, 3.8) is 0 Å². The topological polar surface area (TPSA) is 91.1 Å². The van der Waals surface area contributed by atoms with Crippen LogP contribution in [-0.2, 0) is 6.54 Å². The number of aromatic amines is 1. The van der Waals surface area contributed by atoms with Gasteiger partial charge in [0.15, 0.2) is 11.7 Å². The van der Waals surface area contributed by atoms with Crippen LogP contribution in [0.4, 0.5) is 0 Å². The van der Waals surface area contributed by atoms with Gasteiger partial charge in [0.1, 0.15) is 5.82 Å². The van der Waals surface area contributed by atoms with E-state index >= 15 is 0 Å². The molecule has 0 amide bonds. The molecule has 0 saturated heterocycles. The van der Waals surface area contributed by atoms with Gasteiger partial charge < -0.3 is 15.1 Å². The number of hydrogen-bond acceptors (Lipinski definition) is 4. The molecule has 1 atom stereocenters. The van der Waals surface area contributed by atoms with E-state index in [9.17, 15) is 0 Å². The fourth-order valence-corrected chi connectivity index (χ4v) is 2.96. The molecule has 0 bridgehead atoms. The van der Waals surface area contributed by atoms with E-state index in [1.807, 2.05) is 19.1 Å². The summed E-state index contributed by atoms with van der Waals surface area (Å²) in [5.74, 6) is 2.40. The third-order valence-electron chi connectivity index (χ3n) is 3.70. The molecule has 0 fully saturated rings. The highest BCUT2D eigenvalue weighted by Crippen LogP contribution is 2.26. The minimum atomic E-state index is -0.0561. The Hall–Kier alpha value is -1.78. The van der Waals surface area contributed by atoms with Crippen LogP contribution in [0.1, 0.15) is 24.4 Å². The highest BCUT2D eigenvalue weighted by atomic mass is 127. The number of nitrogens with one attached hydrogen (secondary N) is 3. The monoisotopic (exact) mass is 520 g/mol. The largest absolute Gasteiger partial charge is 0.461 e. The van der Waals surface area contributed by atoms with E-state index in [1.165, 1.54) is 0 Å². The fourth-order valence-electron chi connectivity index (χ4n) is 2.39. The summed E-state index contributed by atoms with van der Waals surface area (Å²) >= 11 is 12.2. The van der Waals surface area contributed by atoms with Gasteiger partial charge in [-0.1, -0.05) is 29.3 Å². The molecular weight excluding hydrogens is 502 g/mol. The lowest BCUT2D eigenvalue weighted by atomic mass is 10.1. The minimum absolute atomic E-state index is 0. The van der Waals surface area contributed by atoms with Crippen LogP contribution in [0.3, 0.4) is 0 Å². The molecule has 3 N–H and O–H groups in total. The molecule has 0 aliphatic heterocycles. The second-order valence-corrected chi connectivity index (χ2v) is 6.38. The van der Waals surface area contributed by atoms with Crippen molar-refractivity contribution >= 4 is 53.1 Å². The van der Waals surface area contributed by atoms with Crippen LogP contribution in [-0.4, -0.2) is 28.2 Å². The third kappa shape index (κ3) is 5.60. The summed E-state index contributed by atoms with van der Waals surface area (Å²) in [6.07, 6.45) is 1.58. The second kappa shape index (κ2) is 9.95. The maximum atomic E-state index is 6.26. The van der Waals surface area contributed by atoms with Crippen LogP contribution in [0.25, 0.3) is 11.6 Å². The molecule has 0 aliphatic rings. The molecule has 2 aromatic heterocycles. The van der Waals surface area contributed by atoms with Crippen molar-refractivity contribution in [3.8, 4) is 11.6 Å². The van der Waals surface area contributed by atoms with Crippen molar-refractivity contribution in [2.75, 3.05) is 7.05 Å². The van der Waals surface area contributed by atoms with Gasteiger partial charge in [0.2, 0.25) is 5.82 Å². The summed E-state index contributed by atoms with van der Waals surface area (Å²) in [5, 5.41) is 14.7. The molecule has 1 unspecified atom stereocenters. The summed E-state index contributed by atoms with van der Waals surface area (Å²) in [6.45, 7) is 2.42. The molecule has 0 saturated carbocycles. The lowest BCUT2D eigenvalue weighted by Gasteiger charge is -2.19. The van der Waals surface area contributed by atoms with Gasteiger partial charge in [-0.3, -0.25) is 10.1 Å². The summed E-state index contributed by atoms with van der Waals surface area (Å²) in [4.78, 5) is 8.60. The zero-order valence-electron chi connectivity index (χ0n) is 14.7. The summed E-state index contributed by atoms with van der Waals surface area (Å²) < 4.78 is 5.28. The lowest BCUT2D eigenvalue weighted by Crippen LogP contribution is -2.38. The Kier molecular flexibility index (Phi) is 7.93. The zero-order chi connectivity index (χ0) is 18.5. The highest BCUT2D eigenvalue weighted by Gasteiger charge is 2.13. The number of furan rings is 1. The number of rotatable bonds is 5. The Morgan fingerprint density at radius 2 is 2.15 bits per heavy atom. The Morgan fingerprint density at radius 1 is 1.33 bits per heavy atom. The van der Waals surface area contributed by atoms with Gasteiger partial charge >= 0.3 is 0 Å². The number of H-pyrrole nitrogens is 1. The van der Waals surface area contributed by atoms with E-state index in [0.717, 1.165) is 5.56 Å². The number of halogens is 3. The van der Waals surface area contributed by atoms with Crippen LogP contribution in [0.2, 0.25) is 10.0 Å². The standard InChI is InChI=1S/C17H18Cl2N6O.HI/c1-10(12-6-5-11(18)8-13(12)19)22-17(20-2)21-9-15-23-16(25-24-15)14-4-3-7-26-14;/h3-8,10H,9H2,1-2H3,(H2,20,21,22)(H,23,24,25);1H. The molecule has 2 heterocycles. The summed E-state index contributed by atoms with van der Waals surface area (Å²) in [5.41, 5.74) is 0.929. The van der Waals surface area contributed by atoms with Crippen molar-refractivity contribution in [1.29, 1.82) is 0 Å². The predicted octanol–water partition coefficient (Wildman–Crippen LogP) is 4.42. The smallest absolute Gasteiger partial charge is 0.216 e. The van der Waals surface area contributed by atoms with Crippen molar-refractivity contribution in [2.24, 2.45) is 4.99 Å². The minimum Gasteiger partial charge on any atom is -0.461 e. The predicted molar refractivity (Wildman–Crippen MR) is 118 cm³/mol. The van der Waals surface area contributed by atoms with Gasteiger partial charge in [-0.15, -0.1) is 29.1 Å². The molecule has 0 spiro atoms. The average molecular weight is 521 g/mol. The molecule has 0 radical (unpaired) electrons. The summed E-state index contributed by atoms with van der Waals surface area (Å²) in [6, 6.07) is 8.96. The van der Waals surface area contributed by atoms with Crippen LogP contribution < -0.4 is 10.6 Å². The van der Waals surface area contributed by atoms with E-state index in [1.54, 1.807) is 31.5 Å². The molecule has 3 rings (SSSR count). The van der Waals surface area contributed by atoms with Gasteiger partial charge in [0, 0.05) is 17.1 Å². The van der Waals surface area contributed by atoms with Crippen molar-refractivity contribution < 1.29 is 4.42 Å². The van der Waals surface area contributed by atoms with Gasteiger partial charge in [-0.05, 0) is 36.8 Å². The van der Waals surface area contributed by atoms with Crippen LogP contribution in [0.5, 0.6) is 0 Å². The molecule has 7 nitrogen and oxygen atoms in total. The quantitative estimate of drug-likeness (QED) is 0.263. The SMILES string of the molecule is CN=C(NCc1nc(-c2ccco2)n[nH]1)NC(C)c1ccc(Cl)cc1Cl.I. The molecule has 0 aliphatic carbocycles. The number of guanidine groups is 1. The first kappa shape index (κ1) is 21.5. The van der Waals surface area contributed by atoms with Gasteiger partial charge in [0.05, 0.1) is 18.8 Å². The normalized spacial score (nSPS) is 12.4. The van der Waals surface area contributed by atoms with Crippen LogP contribution >= 0.6 is 47.2 Å². The lowest BCUT2D eigenvalue weighted by molar-refractivity contribution is 0.577. The number of aromatic nitrogens is 3. The van der Waals surface area contributed by atoms with Gasteiger partial charge in [0.25, 0.3) is 0 Å². The Bertz CT molecular complexity index is 897. The number of hydrogen-bond donors (Lipinski definition) is 3. The van der Waals surface area contributed by atoms with Crippen LogP contribution in [0.15, 0.2) is 46.0 Å². The number of nitrogens with zero attached hydrogens (tertiary/aromatic N) is 3. The first-order chi connectivity index (χ1) is 12.6. The van der Waals surface area contributed by atoms with E-state index < -0.39 is 0 Å². The maximum absolute atomic E-state index is 6.26. The third-order valence-corrected chi connectivity index (χ3v) is 4.26. The number of aliphatic imine (C=N–C) groups is 1. The van der Waals surface area contributed by atoms with Crippen molar-refractivity contribution in [2.45, 2.75) is 19.5 Å². The molecule has 3 aromatic rings. The Balaban J connectivity index is 0.00000261. The zero-order valence-corrected chi connectivity index (χ0v) is 18.5. The maximum Gasteiger partial charge on any atom is 0.216 e.